The lowest BCUT2D eigenvalue weighted by molar-refractivity contribution is -0.906. The number of nitrogens with one attached hydrogen (secondary N) is 4. The lowest BCUT2D eigenvalue weighted by Gasteiger charge is -2.32. The number of aryl methyl sites for hydroxylation is 2. The molecule has 8 bridgehead atoms. The van der Waals surface area contributed by atoms with E-state index < -0.39 is 23.3 Å². The average molecular weight is 795 g/mol. The number of aromatic nitrogens is 4. The van der Waals surface area contributed by atoms with Gasteiger partial charge in [0.2, 0.25) is 5.91 Å². The van der Waals surface area contributed by atoms with Crippen molar-refractivity contribution in [1.82, 2.24) is 30.7 Å². The molecule has 3 aromatic heterocycles. The van der Waals surface area contributed by atoms with Gasteiger partial charge in [-0.05, 0) is 68.4 Å². The van der Waals surface area contributed by atoms with Crippen molar-refractivity contribution in [3.05, 3.63) is 68.8 Å². The number of methoxy groups -OCH3 is 1. The van der Waals surface area contributed by atoms with Crippen molar-refractivity contribution in [2.24, 2.45) is 5.41 Å². The highest BCUT2D eigenvalue weighted by Gasteiger charge is 2.45. The number of Topliss-reactive ketones (excluding diaryl/α,β-unsaturated/α-hetero) is 2. The lowest BCUT2D eigenvalue weighted by Crippen LogP contribution is -2.54. The number of hydrogen-bond acceptors (Lipinski definition) is 8. The summed E-state index contributed by atoms with van der Waals surface area (Å²) in [5, 5.41) is 3.14. The monoisotopic (exact) mass is 794 g/mol. The van der Waals surface area contributed by atoms with Crippen LogP contribution in [0.5, 0.6) is 0 Å². The summed E-state index contributed by atoms with van der Waals surface area (Å²) in [7, 11) is 6.85. The van der Waals surface area contributed by atoms with Crippen LogP contribution in [0.1, 0.15) is 164 Å². The van der Waals surface area contributed by atoms with Crippen molar-refractivity contribution in [2.75, 3.05) is 28.3 Å². The van der Waals surface area contributed by atoms with E-state index in [2.05, 4.69) is 34.6 Å². The van der Waals surface area contributed by atoms with Crippen LogP contribution in [-0.2, 0) is 19.1 Å². The zero-order valence-corrected chi connectivity index (χ0v) is 36.3. The molecule has 0 saturated heterocycles. The van der Waals surface area contributed by atoms with E-state index in [-0.39, 0.29) is 64.5 Å². The number of quaternary nitrogens is 1. The minimum atomic E-state index is -1.24. The van der Waals surface area contributed by atoms with Gasteiger partial charge in [0.1, 0.15) is 5.92 Å². The van der Waals surface area contributed by atoms with Crippen molar-refractivity contribution in [3.8, 4) is 0 Å². The number of ether oxygens (including phenoxy) is 1. The molecule has 13 heteroatoms. The van der Waals surface area contributed by atoms with Crippen molar-refractivity contribution in [2.45, 2.75) is 124 Å². The third-order valence-corrected chi connectivity index (χ3v) is 12.3. The van der Waals surface area contributed by atoms with Gasteiger partial charge in [0.25, 0.3) is 5.91 Å². The van der Waals surface area contributed by atoms with Gasteiger partial charge in [0.15, 0.2) is 11.6 Å². The van der Waals surface area contributed by atoms with Crippen LogP contribution in [0.3, 0.4) is 0 Å². The van der Waals surface area contributed by atoms with Crippen LogP contribution in [0.4, 0.5) is 0 Å². The number of esters is 1. The third-order valence-electron chi connectivity index (χ3n) is 12.3. The Morgan fingerprint density at radius 3 is 2.09 bits per heavy atom. The van der Waals surface area contributed by atoms with Gasteiger partial charge >= 0.3 is 5.97 Å². The second kappa shape index (κ2) is 15.5. The van der Waals surface area contributed by atoms with E-state index >= 15 is 0 Å². The van der Waals surface area contributed by atoms with E-state index in [0.29, 0.717) is 51.1 Å². The minimum absolute atomic E-state index is 0.0737. The number of H-pyrrole nitrogens is 2. The molecule has 1 aliphatic carbocycles. The van der Waals surface area contributed by atoms with Gasteiger partial charge in [0.05, 0.1) is 51.4 Å². The van der Waals surface area contributed by atoms with E-state index in [0.717, 1.165) is 34.4 Å². The second-order valence-electron chi connectivity index (χ2n) is 18.4. The molecule has 5 heterocycles. The Morgan fingerprint density at radius 1 is 0.879 bits per heavy atom. The molecule has 58 heavy (non-hydrogen) atoms. The van der Waals surface area contributed by atoms with Crippen molar-refractivity contribution in [3.63, 3.8) is 0 Å². The van der Waals surface area contributed by atoms with Gasteiger partial charge in [-0.1, -0.05) is 41.5 Å². The van der Waals surface area contributed by atoms with Crippen LogP contribution in [0.2, 0.25) is 0 Å². The largest absolute Gasteiger partial charge is 0.468 e. The Labute approximate surface area is 340 Å². The minimum Gasteiger partial charge on any atom is -0.468 e. The van der Waals surface area contributed by atoms with Crippen LogP contribution < -0.4 is 10.7 Å². The Hall–Kier alpha value is -5.17. The quantitative estimate of drug-likeness (QED) is 0.0547. The Morgan fingerprint density at radius 2 is 1.48 bits per heavy atom. The van der Waals surface area contributed by atoms with E-state index in [4.69, 9.17) is 14.7 Å². The molecule has 2 aliphatic heterocycles. The number of carbonyl (C=O) groups excluding carboxylic acids is 5. The predicted molar refractivity (Wildman–Crippen MR) is 224 cm³/mol. The first-order valence-corrected chi connectivity index (χ1v) is 20.4. The molecule has 310 valence electrons. The molecule has 6 rings (SSSR count). The molecule has 3 aromatic rings. The summed E-state index contributed by atoms with van der Waals surface area (Å²) in [6, 6.07) is 5.48. The summed E-state index contributed by atoms with van der Waals surface area (Å²) in [6.07, 6.45) is 1.39. The van der Waals surface area contributed by atoms with Crippen LogP contribution >= 0.6 is 0 Å². The number of ketones is 2. The van der Waals surface area contributed by atoms with E-state index in [9.17, 15) is 24.0 Å². The summed E-state index contributed by atoms with van der Waals surface area (Å²) in [4.78, 5) is 85.4. The molecule has 0 saturated carbocycles. The first-order valence-electron chi connectivity index (χ1n) is 20.4. The molecule has 0 fully saturated rings. The predicted octanol–water partition coefficient (Wildman–Crippen LogP) is 7.21. The highest BCUT2D eigenvalue weighted by molar-refractivity contribution is 6.23. The van der Waals surface area contributed by atoms with Crippen molar-refractivity contribution < 1.29 is 33.3 Å². The number of aromatic amines is 2. The molecule has 2 amide bonds. The summed E-state index contributed by atoms with van der Waals surface area (Å²) in [5.41, 5.74) is 11.1. The standard InChI is InChI=1S/C45H59N7O6/c1-14-26-21(2)28-19-33-37(25(6)53)23(4)30(47-33)17-29-22(3)27(15-16-35(54)50-34(45(7,8)9)20-36(55)51-52(10,11)12)41(48-29)39-40(44(57)58-13)43(56)38-24(5)31(49-42(38)39)18-32(26)46-28/h17-19,21-22,26-27,34,40H,14-16,20H2,1-13H3,(H3-,46,47,48,49,50,51,53,54,55,56)/p+1/t21-,22+,26-,27+,34+,40?/m1/s1. The van der Waals surface area contributed by atoms with Crippen LogP contribution in [-0.4, -0.2) is 88.2 Å². The molecule has 0 radical (unpaired) electrons. The van der Waals surface area contributed by atoms with Gasteiger partial charge in [-0.3, -0.25) is 33.9 Å². The van der Waals surface area contributed by atoms with E-state index in [1.807, 2.05) is 80.9 Å². The zero-order valence-electron chi connectivity index (χ0n) is 36.3. The fraction of sp³-hybridized carbons (Fsp3) is 0.533. The number of fused-ring (bicyclic) bond motifs is 8. The lowest BCUT2D eigenvalue weighted by atomic mass is 9.83. The van der Waals surface area contributed by atoms with Gasteiger partial charge in [0, 0.05) is 80.9 Å². The topological polar surface area (TPSA) is 176 Å². The van der Waals surface area contributed by atoms with Crippen LogP contribution in [0.25, 0.3) is 22.1 Å². The van der Waals surface area contributed by atoms with Gasteiger partial charge in [-0.2, -0.15) is 0 Å². The maximum atomic E-state index is 14.4. The summed E-state index contributed by atoms with van der Waals surface area (Å²) >= 11 is 0. The van der Waals surface area contributed by atoms with Crippen molar-refractivity contribution in [1.29, 1.82) is 0 Å². The van der Waals surface area contributed by atoms with Crippen LogP contribution in [0.15, 0.2) is 18.2 Å². The number of hydrogen-bond donors (Lipinski definition) is 4. The fourth-order valence-electron chi connectivity index (χ4n) is 9.06. The summed E-state index contributed by atoms with van der Waals surface area (Å²) < 4.78 is 5.51. The van der Waals surface area contributed by atoms with E-state index in [1.54, 1.807) is 6.92 Å². The maximum absolute atomic E-state index is 14.4. The third kappa shape index (κ3) is 7.85. The molecule has 0 spiro atoms. The number of amides is 2. The second-order valence-corrected chi connectivity index (χ2v) is 18.4. The molecule has 3 aliphatic rings. The highest BCUT2D eigenvalue weighted by Crippen LogP contribution is 2.48. The zero-order chi connectivity index (χ0) is 42.8. The number of carbonyl (C=O) groups is 5. The van der Waals surface area contributed by atoms with E-state index in [1.165, 1.54) is 7.11 Å². The highest BCUT2D eigenvalue weighted by atomic mass is 16.5. The first kappa shape index (κ1) is 42.4. The average Bonchev–Trinajstić information content (AvgIpc) is 3.86. The molecule has 0 aromatic carbocycles. The van der Waals surface area contributed by atoms with Gasteiger partial charge in [-0.15, -0.1) is 0 Å². The maximum Gasteiger partial charge on any atom is 0.321 e. The fourth-order valence-corrected chi connectivity index (χ4v) is 9.06. The number of rotatable bonds is 10. The summed E-state index contributed by atoms with van der Waals surface area (Å²) in [6.45, 7) is 17.6. The Balaban J connectivity index is 1.55. The molecule has 6 atom stereocenters. The molecular formula is C45H60N7O6+. The van der Waals surface area contributed by atoms with Crippen LogP contribution in [0, 0.1) is 19.3 Å². The SMILES string of the molecule is CC[C@H]1c2cc3[nH]c4c(c3C)C(=O)C(C(=O)OC)c4c3nc(cc4[nH]c(cc(n2)[C@@H]1C)c(C(C)=O)c4C)[C@@H](C)[C@@H]3CCC(=O)N[C@@H](CC(=O)N[N+](C)(C)C)C(C)(C)C. The molecule has 13 nitrogen and oxygen atoms in total. The van der Waals surface area contributed by atoms with Gasteiger partial charge < -0.3 is 20.0 Å². The molecule has 4 N–H and O–H groups in total. The molecular weight excluding hydrogens is 735 g/mol. The normalized spacial score (nSPS) is 20.8. The molecule has 1 unspecified atom stereocenters. The van der Waals surface area contributed by atoms with Gasteiger partial charge in [-0.25, -0.2) is 10.0 Å². The Bertz CT molecular complexity index is 2380. The first-order chi connectivity index (χ1) is 27.1. The smallest absolute Gasteiger partial charge is 0.321 e. The number of nitrogens with zero attached hydrogens (tertiary/aromatic N) is 3. The summed E-state index contributed by atoms with van der Waals surface area (Å²) in [5.74, 6) is -3.21. The Kier molecular flexibility index (Phi) is 11.4. The van der Waals surface area contributed by atoms with Crippen molar-refractivity contribution >= 4 is 51.4 Å².